The third-order valence-corrected chi connectivity index (χ3v) is 3.30. The molecule has 0 spiro atoms. The molecule has 0 aliphatic carbocycles. The zero-order valence-corrected chi connectivity index (χ0v) is 11.4. The lowest BCUT2D eigenvalue weighted by molar-refractivity contribution is 0.335. The second-order valence-corrected chi connectivity index (χ2v) is 4.54. The molecule has 1 N–H and O–H groups in total. The lowest BCUT2D eigenvalue weighted by atomic mass is 10.3. The minimum atomic E-state index is 0. The van der Waals surface area contributed by atoms with Gasteiger partial charge in [0, 0.05) is 31.4 Å². The normalized spacial score (nSPS) is 15.8. The van der Waals surface area contributed by atoms with E-state index in [1.54, 1.807) is 6.20 Å². The Morgan fingerprint density at radius 2 is 2.12 bits per heavy atom. The standard InChI is InChI=1S/C12H18ClN3.ClH/c13-12-11(4-3-5-15-12)10-14-6-9-16-7-1-2-8-16;/h3-5,14H,1-2,6-10H2;1H. The number of halogens is 2. The van der Waals surface area contributed by atoms with Crippen LogP contribution in [0.5, 0.6) is 0 Å². The molecular formula is C12H19Cl2N3. The van der Waals surface area contributed by atoms with Gasteiger partial charge in [0.05, 0.1) is 0 Å². The lowest BCUT2D eigenvalue weighted by Gasteiger charge is -2.14. The van der Waals surface area contributed by atoms with E-state index in [4.69, 9.17) is 11.6 Å². The molecule has 0 atom stereocenters. The summed E-state index contributed by atoms with van der Waals surface area (Å²) in [6.07, 6.45) is 4.43. The average Bonchev–Trinajstić information content (AvgIpc) is 2.79. The van der Waals surface area contributed by atoms with Crippen LogP contribution in [0.1, 0.15) is 18.4 Å². The van der Waals surface area contributed by atoms with Crippen LogP contribution in [0.2, 0.25) is 5.15 Å². The maximum absolute atomic E-state index is 5.97. The molecule has 17 heavy (non-hydrogen) atoms. The highest BCUT2D eigenvalue weighted by atomic mass is 35.5. The van der Waals surface area contributed by atoms with Gasteiger partial charge < -0.3 is 10.2 Å². The molecule has 0 bridgehead atoms. The number of hydrogen-bond acceptors (Lipinski definition) is 3. The van der Waals surface area contributed by atoms with E-state index in [1.165, 1.54) is 25.9 Å². The zero-order valence-electron chi connectivity index (χ0n) is 9.86. The largest absolute Gasteiger partial charge is 0.311 e. The molecule has 2 heterocycles. The number of likely N-dealkylation sites (tertiary alicyclic amines) is 1. The first kappa shape index (κ1) is 14.7. The van der Waals surface area contributed by atoms with Gasteiger partial charge in [0.25, 0.3) is 0 Å². The van der Waals surface area contributed by atoms with E-state index in [-0.39, 0.29) is 12.4 Å². The molecule has 3 nitrogen and oxygen atoms in total. The molecule has 1 aliphatic rings. The maximum atomic E-state index is 5.97. The average molecular weight is 276 g/mol. The molecule has 1 aromatic heterocycles. The van der Waals surface area contributed by atoms with Crippen LogP contribution in [0.25, 0.3) is 0 Å². The van der Waals surface area contributed by atoms with Gasteiger partial charge >= 0.3 is 0 Å². The van der Waals surface area contributed by atoms with Crippen molar-refractivity contribution in [2.24, 2.45) is 0 Å². The summed E-state index contributed by atoms with van der Waals surface area (Å²) in [5.41, 5.74) is 1.07. The SMILES string of the molecule is Cl.Clc1ncccc1CNCCN1CCCC1. The first-order valence-electron chi connectivity index (χ1n) is 5.89. The Balaban J connectivity index is 0.00000144. The van der Waals surface area contributed by atoms with Gasteiger partial charge in [-0.15, -0.1) is 12.4 Å². The summed E-state index contributed by atoms with van der Waals surface area (Å²) < 4.78 is 0. The number of nitrogens with one attached hydrogen (secondary N) is 1. The van der Waals surface area contributed by atoms with Gasteiger partial charge in [0.2, 0.25) is 0 Å². The van der Waals surface area contributed by atoms with Crippen molar-refractivity contribution in [1.82, 2.24) is 15.2 Å². The molecule has 0 amide bonds. The van der Waals surface area contributed by atoms with Gasteiger partial charge in [-0.1, -0.05) is 17.7 Å². The molecule has 0 unspecified atom stereocenters. The summed E-state index contributed by atoms with van der Waals surface area (Å²) >= 11 is 5.97. The van der Waals surface area contributed by atoms with Crippen LogP contribution in [0.15, 0.2) is 18.3 Å². The van der Waals surface area contributed by atoms with E-state index in [9.17, 15) is 0 Å². The summed E-state index contributed by atoms with van der Waals surface area (Å²) in [4.78, 5) is 6.55. The Kier molecular flexibility index (Phi) is 6.82. The van der Waals surface area contributed by atoms with Gasteiger partial charge in [-0.3, -0.25) is 0 Å². The second kappa shape index (κ2) is 7.88. The lowest BCUT2D eigenvalue weighted by Crippen LogP contribution is -2.29. The van der Waals surface area contributed by atoms with Crippen LogP contribution >= 0.6 is 24.0 Å². The number of hydrogen-bond donors (Lipinski definition) is 1. The predicted octanol–water partition coefficient (Wildman–Crippen LogP) is 2.34. The Labute approximate surface area is 114 Å². The fourth-order valence-electron chi connectivity index (χ4n) is 2.02. The summed E-state index contributed by atoms with van der Waals surface area (Å²) in [5, 5.41) is 4.01. The zero-order chi connectivity index (χ0) is 11.2. The summed E-state index contributed by atoms with van der Waals surface area (Å²) in [5.74, 6) is 0. The molecule has 96 valence electrons. The van der Waals surface area contributed by atoms with Gasteiger partial charge in [0.1, 0.15) is 5.15 Å². The van der Waals surface area contributed by atoms with Crippen LogP contribution in [-0.4, -0.2) is 36.1 Å². The Hall–Kier alpha value is -0.350. The topological polar surface area (TPSA) is 28.2 Å². The molecular weight excluding hydrogens is 257 g/mol. The molecule has 0 aromatic carbocycles. The van der Waals surface area contributed by atoms with Crippen LogP contribution in [0.4, 0.5) is 0 Å². The van der Waals surface area contributed by atoms with E-state index in [0.717, 1.165) is 25.2 Å². The number of nitrogens with zero attached hydrogens (tertiary/aromatic N) is 2. The third kappa shape index (κ3) is 4.80. The van der Waals surface area contributed by atoms with Crippen LogP contribution in [-0.2, 0) is 6.54 Å². The molecule has 1 aromatic rings. The Bertz CT molecular complexity index is 327. The fraction of sp³-hybridized carbons (Fsp3) is 0.583. The van der Waals surface area contributed by atoms with Crippen molar-refractivity contribution in [3.63, 3.8) is 0 Å². The number of aromatic nitrogens is 1. The van der Waals surface area contributed by atoms with Crippen molar-refractivity contribution in [2.45, 2.75) is 19.4 Å². The van der Waals surface area contributed by atoms with Crippen molar-refractivity contribution in [1.29, 1.82) is 0 Å². The Morgan fingerprint density at radius 3 is 2.82 bits per heavy atom. The molecule has 5 heteroatoms. The van der Waals surface area contributed by atoms with E-state index in [2.05, 4.69) is 15.2 Å². The molecule has 1 aliphatic heterocycles. The van der Waals surface area contributed by atoms with Crippen molar-refractivity contribution < 1.29 is 0 Å². The van der Waals surface area contributed by atoms with Gasteiger partial charge in [-0.25, -0.2) is 4.98 Å². The summed E-state index contributed by atoms with van der Waals surface area (Å²) in [7, 11) is 0. The van der Waals surface area contributed by atoms with Crippen LogP contribution < -0.4 is 5.32 Å². The highest BCUT2D eigenvalue weighted by Crippen LogP contribution is 2.10. The highest BCUT2D eigenvalue weighted by Gasteiger charge is 2.10. The minimum absolute atomic E-state index is 0. The first-order chi connectivity index (χ1) is 7.86. The molecule has 2 rings (SSSR count). The maximum Gasteiger partial charge on any atom is 0.133 e. The number of pyridine rings is 1. The monoisotopic (exact) mass is 275 g/mol. The molecule has 1 fully saturated rings. The van der Waals surface area contributed by atoms with Crippen LogP contribution in [0.3, 0.4) is 0 Å². The van der Waals surface area contributed by atoms with Gasteiger partial charge in [0.15, 0.2) is 0 Å². The van der Waals surface area contributed by atoms with Gasteiger partial charge in [-0.05, 0) is 32.0 Å². The van der Waals surface area contributed by atoms with E-state index >= 15 is 0 Å². The van der Waals surface area contributed by atoms with Crippen molar-refractivity contribution >= 4 is 24.0 Å². The Morgan fingerprint density at radius 1 is 1.35 bits per heavy atom. The smallest absolute Gasteiger partial charge is 0.133 e. The van der Waals surface area contributed by atoms with E-state index in [1.807, 2.05) is 12.1 Å². The summed E-state index contributed by atoms with van der Waals surface area (Å²) in [6.45, 7) is 5.48. The van der Waals surface area contributed by atoms with E-state index < -0.39 is 0 Å². The second-order valence-electron chi connectivity index (χ2n) is 4.18. The molecule has 0 saturated carbocycles. The molecule has 0 radical (unpaired) electrons. The van der Waals surface area contributed by atoms with Crippen LogP contribution in [0, 0.1) is 0 Å². The third-order valence-electron chi connectivity index (χ3n) is 2.96. The van der Waals surface area contributed by atoms with Crippen molar-refractivity contribution in [3.8, 4) is 0 Å². The quantitative estimate of drug-likeness (QED) is 0.661. The molecule has 1 saturated heterocycles. The summed E-state index contributed by atoms with van der Waals surface area (Å²) in [6, 6.07) is 3.93. The van der Waals surface area contributed by atoms with Gasteiger partial charge in [-0.2, -0.15) is 0 Å². The first-order valence-corrected chi connectivity index (χ1v) is 6.26. The van der Waals surface area contributed by atoms with Crippen molar-refractivity contribution in [3.05, 3.63) is 29.0 Å². The minimum Gasteiger partial charge on any atom is -0.311 e. The van der Waals surface area contributed by atoms with Crippen molar-refractivity contribution in [2.75, 3.05) is 26.2 Å². The fourth-order valence-corrected chi connectivity index (χ4v) is 2.20. The highest BCUT2D eigenvalue weighted by molar-refractivity contribution is 6.30. The van der Waals surface area contributed by atoms with E-state index in [0.29, 0.717) is 5.15 Å². The number of rotatable bonds is 5. The predicted molar refractivity (Wildman–Crippen MR) is 73.9 cm³/mol.